The van der Waals surface area contributed by atoms with E-state index >= 15 is 0 Å². The zero-order chi connectivity index (χ0) is 12.8. The smallest absolute Gasteiger partial charge is 0.328 e. The van der Waals surface area contributed by atoms with Crippen LogP contribution in [-0.2, 0) is 14.3 Å². The van der Waals surface area contributed by atoms with Gasteiger partial charge in [-0.15, -0.1) is 0 Å². The predicted molar refractivity (Wildman–Crippen MR) is 64.4 cm³/mol. The molecule has 0 heterocycles. The number of nitrogens with one attached hydrogen (secondary N) is 1. The highest BCUT2D eigenvalue weighted by molar-refractivity contribution is 5.80. The number of carbonyl (C=O) groups excluding carboxylic acids is 1. The number of hydrogen-bond donors (Lipinski definition) is 1. The Hall–Kier alpha value is -0.610. The Balaban J connectivity index is 4.47. The molecule has 0 amide bonds. The molecular formula is C12H25NO3. The van der Waals surface area contributed by atoms with E-state index in [1.54, 1.807) is 6.92 Å². The molecule has 0 aromatic rings. The van der Waals surface area contributed by atoms with Crippen LogP contribution in [0.4, 0.5) is 0 Å². The van der Waals surface area contributed by atoms with Gasteiger partial charge in [-0.25, -0.2) is 4.79 Å². The van der Waals surface area contributed by atoms with Crippen LogP contribution in [0.2, 0.25) is 0 Å². The van der Waals surface area contributed by atoms with Gasteiger partial charge in [0.15, 0.2) is 0 Å². The second kappa shape index (κ2) is 6.86. The van der Waals surface area contributed by atoms with E-state index in [1.807, 2.05) is 20.8 Å². The molecule has 2 unspecified atom stereocenters. The first kappa shape index (κ1) is 15.4. The largest absolute Gasteiger partial charge is 0.468 e. The van der Waals surface area contributed by atoms with Crippen LogP contribution in [0.25, 0.3) is 0 Å². The molecule has 4 nitrogen and oxygen atoms in total. The summed E-state index contributed by atoms with van der Waals surface area (Å²) in [5.74, 6) is -0.287. The minimum Gasteiger partial charge on any atom is -0.468 e. The summed E-state index contributed by atoms with van der Waals surface area (Å²) in [6.07, 6.45) is 1.08. The van der Waals surface area contributed by atoms with Crippen molar-refractivity contribution in [1.82, 2.24) is 5.32 Å². The van der Waals surface area contributed by atoms with Gasteiger partial charge in [-0.2, -0.15) is 0 Å². The molecule has 0 radical (unpaired) electrons. The molecule has 0 aliphatic rings. The zero-order valence-corrected chi connectivity index (χ0v) is 11.3. The third-order valence-corrected chi connectivity index (χ3v) is 2.47. The van der Waals surface area contributed by atoms with Gasteiger partial charge in [-0.3, -0.25) is 5.32 Å². The second-order valence-electron chi connectivity index (χ2n) is 4.65. The Morgan fingerprint density at radius 3 is 2.31 bits per heavy atom. The van der Waals surface area contributed by atoms with Gasteiger partial charge in [0.1, 0.15) is 5.54 Å². The molecule has 0 aromatic carbocycles. The molecular weight excluding hydrogens is 206 g/mol. The summed E-state index contributed by atoms with van der Waals surface area (Å²) >= 11 is 0. The standard InChI is InChI=1S/C12H25NO3/c1-7-10(4)16-8-12(5,11(14)15-6)13-9(2)3/h9-10,13H,7-8H2,1-6H3. The molecule has 0 saturated heterocycles. The minimum atomic E-state index is -0.771. The van der Waals surface area contributed by atoms with Crippen LogP contribution in [0.3, 0.4) is 0 Å². The summed E-state index contributed by atoms with van der Waals surface area (Å²) in [4.78, 5) is 11.7. The van der Waals surface area contributed by atoms with Crippen molar-refractivity contribution in [1.29, 1.82) is 0 Å². The van der Waals surface area contributed by atoms with Crippen molar-refractivity contribution < 1.29 is 14.3 Å². The molecule has 0 bridgehead atoms. The Morgan fingerprint density at radius 2 is 1.94 bits per heavy atom. The van der Waals surface area contributed by atoms with Crippen molar-refractivity contribution in [3.8, 4) is 0 Å². The third kappa shape index (κ3) is 4.94. The van der Waals surface area contributed by atoms with E-state index in [0.29, 0.717) is 6.61 Å². The van der Waals surface area contributed by atoms with Crippen molar-refractivity contribution in [3.05, 3.63) is 0 Å². The maximum atomic E-state index is 11.7. The van der Waals surface area contributed by atoms with Gasteiger partial charge in [0.25, 0.3) is 0 Å². The van der Waals surface area contributed by atoms with E-state index in [4.69, 9.17) is 9.47 Å². The van der Waals surface area contributed by atoms with Crippen molar-refractivity contribution in [2.45, 2.75) is 58.7 Å². The van der Waals surface area contributed by atoms with Crippen molar-refractivity contribution in [3.63, 3.8) is 0 Å². The van der Waals surface area contributed by atoms with Crippen molar-refractivity contribution in [2.75, 3.05) is 13.7 Å². The molecule has 0 saturated carbocycles. The SMILES string of the molecule is CCC(C)OCC(C)(NC(C)C)C(=O)OC. The summed E-state index contributed by atoms with van der Waals surface area (Å²) < 4.78 is 10.4. The summed E-state index contributed by atoms with van der Waals surface area (Å²) in [6, 6.07) is 0.199. The van der Waals surface area contributed by atoms with Gasteiger partial charge in [0.05, 0.1) is 19.8 Å². The highest BCUT2D eigenvalue weighted by Crippen LogP contribution is 2.11. The van der Waals surface area contributed by atoms with E-state index in [9.17, 15) is 4.79 Å². The number of rotatable bonds is 7. The molecule has 0 aliphatic heterocycles. The molecule has 0 fully saturated rings. The van der Waals surface area contributed by atoms with Gasteiger partial charge in [0, 0.05) is 6.04 Å². The topological polar surface area (TPSA) is 47.6 Å². The van der Waals surface area contributed by atoms with Gasteiger partial charge in [-0.05, 0) is 34.1 Å². The Kier molecular flexibility index (Phi) is 6.60. The lowest BCUT2D eigenvalue weighted by molar-refractivity contribution is -0.152. The zero-order valence-electron chi connectivity index (χ0n) is 11.3. The Labute approximate surface area is 98.7 Å². The van der Waals surface area contributed by atoms with E-state index in [0.717, 1.165) is 6.42 Å². The Bertz CT molecular complexity index is 218. The molecule has 0 aliphatic carbocycles. The first-order valence-electron chi connectivity index (χ1n) is 5.83. The van der Waals surface area contributed by atoms with Crippen molar-refractivity contribution in [2.24, 2.45) is 0 Å². The Morgan fingerprint density at radius 1 is 1.38 bits per heavy atom. The van der Waals surface area contributed by atoms with Crippen LogP contribution in [-0.4, -0.2) is 37.4 Å². The highest BCUT2D eigenvalue weighted by atomic mass is 16.5. The molecule has 1 N–H and O–H groups in total. The number of esters is 1. The summed E-state index contributed by atoms with van der Waals surface area (Å²) in [5, 5.41) is 3.19. The maximum Gasteiger partial charge on any atom is 0.328 e. The fraction of sp³-hybridized carbons (Fsp3) is 0.917. The number of ether oxygens (including phenoxy) is 2. The fourth-order valence-electron chi connectivity index (χ4n) is 1.45. The minimum absolute atomic E-state index is 0.151. The third-order valence-electron chi connectivity index (χ3n) is 2.47. The van der Waals surface area contributed by atoms with Gasteiger partial charge < -0.3 is 9.47 Å². The second-order valence-corrected chi connectivity index (χ2v) is 4.65. The molecule has 4 heteroatoms. The predicted octanol–water partition coefficient (Wildman–Crippen LogP) is 1.73. The van der Waals surface area contributed by atoms with Gasteiger partial charge in [0.2, 0.25) is 0 Å². The number of hydrogen-bond acceptors (Lipinski definition) is 4. The van der Waals surface area contributed by atoms with Crippen LogP contribution < -0.4 is 5.32 Å². The van der Waals surface area contributed by atoms with Crippen LogP contribution in [0.5, 0.6) is 0 Å². The lowest BCUT2D eigenvalue weighted by atomic mass is 10.0. The molecule has 0 aromatic heterocycles. The van der Waals surface area contributed by atoms with E-state index in [1.165, 1.54) is 7.11 Å². The average Bonchev–Trinajstić information content (AvgIpc) is 2.23. The lowest BCUT2D eigenvalue weighted by Gasteiger charge is -2.30. The summed E-state index contributed by atoms with van der Waals surface area (Å²) in [5.41, 5.74) is -0.771. The first-order valence-corrected chi connectivity index (χ1v) is 5.83. The van der Waals surface area contributed by atoms with Gasteiger partial charge in [-0.1, -0.05) is 6.92 Å². The van der Waals surface area contributed by atoms with Crippen molar-refractivity contribution >= 4 is 5.97 Å². The van der Waals surface area contributed by atoms with E-state index < -0.39 is 5.54 Å². The molecule has 2 atom stereocenters. The lowest BCUT2D eigenvalue weighted by Crippen LogP contribution is -2.56. The normalized spacial score (nSPS) is 16.9. The molecule has 96 valence electrons. The quantitative estimate of drug-likeness (QED) is 0.678. The fourth-order valence-corrected chi connectivity index (χ4v) is 1.45. The molecule has 0 rings (SSSR count). The monoisotopic (exact) mass is 231 g/mol. The van der Waals surface area contributed by atoms with E-state index in [-0.39, 0.29) is 18.1 Å². The van der Waals surface area contributed by atoms with Crippen LogP contribution >= 0.6 is 0 Å². The molecule has 16 heavy (non-hydrogen) atoms. The van der Waals surface area contributed by atoms with Crippen LogP contribution in [0.1, 0.15) is 41.0 Å². The van der Waals surface area contributed by atoms with Gasteiger partial charge >= 0.3 is 5.97 Å². The highest BCUT2D eigenvalue weighted by Gasteiger charge is 2.35. The van der Waals surface area contributed by atoms with E-state index in [2.05, 4.69) is 12.2 Å². The van der Waals surface area contributed by atoms with Crippen LogP contribution in [0, 0.1) is 0 Å². The maximum absolute atomic E-state index is 11.7. The van der Waals surface area contributed by atoms with Crippen LogP contribution in [0.15, 0.2) is 0 Å². The summed E-state index contributed by atoms with van der Waals surface area (Å²) in [7, 11) is 1.39. The molecule has 0 spiro atoms. The summed E-state index contributed by atoms with van der Waals surface area (Å²) in [6.45, 7) is 10.2. The number of methoxy groups -OCH3 is 1. The average molecular weight is 231 g/mol. The number of carbonyl (C=O) groups is 1. The first-order chi connectivity index (χ1) is 7.35.